The van der Waals surface area contributed by atoms with E-state index in [1.54, 1.807) is 11.7 Å². The van der Waals surface area contributed by atoms with Crippen LogP contribution in [0.25, 0.3) is 0 Å². The standard InChI is InChI=1S/C12H11ClN6OS/c1-19-12(15-17-18-19)21-7-11-14-10(16-20-11)6-8-3-2-4-9(13)5-8/h2-5H,6-7H2,1H3. The third kappa shape index (κ3) is 3.59. The van der Waals surface area contributed by atoms with Crippen molar-refractivity contribution in [1.82, 2.24) is 30.3 Å². The second kappa shape index (κ2) is 6.23. The first kappa shape index (κ1) is 14.0. The zero-order valence-corrected chi connectivity index (χ0v) is 12.7. The maximum atomic E-state index is 5.95. The van der Waals surface area contributed by atoms with E-state index in [1.807, 2.05) is 24.3 Å². The average molecular weight is 323 g/mol. The average Bonchev–Trinajstić information content (AvgIpc) is 3.06. The molecule has 0 aliphatic heterocycles. The highest BCUT2D eigenvalue weighted by molar-refractivity contribution is 7.98. The summed E-state index contributed by atoms with van der Waals surface area (Å²) in [7, 11) is 1.78. The third-order valence-corrected chi connectivity index (χ3v) is 3.90. The van der Waals surface area contributed by atoms with E-state index in [1.165, 1.54) is 11.8 Å². The number of nitrogens with zero attached hydrogens (tertiary/aromatic N) is 6. The lowest BCUT2D eigenvalue weighted by molar-refractivity contribution is 0.385. The highest BCUT2D eigenvalue weighted by Gasteiger charge is 2.10. The Labute approximate surface area is 129 Å². The molecule has 7 nitrogen and oxygen atoms in total. The van der Waals surface area contributed by atoms with Gasteiger partial charge in [0.25, 0.3) is 0 Å². The van der Waals surface area contributed by atoms with E-state index in [-0.39, 0.29) is 0 Å². The second-order valence-corrected chi connectivity index (χ2v) is 5.66. The first-order valence-corrected chi connectivity index (χ1v) is 7.48. The molecule has 3 rings (SSSR count). The van der Waals surface area contributed by atoms with Crippen LogP contribution >= 0.6 is 23.4 Å². The molecule has 0 N–H and O–H groups in total. The Morgan fingerprint density at radius 1 is 1.38 bits per heavy atom. The van der Waals surface area contributed by atoms with Gasteiger partial charge in [-0.25, -0.2) is 4.68 Å². The van der Waals surface area contributed by atoms with Crippen LogP contribution in [0.15, 0.2) is 33.9 Å². The smallest absolute Gasteiger partial charge is 0.237 e. The number of hydrogen-bond acceptors (Lipinski definition) is 7. The minimum atomic E-state index is 0.525. The molecule has 0 atom stereocenters. The molecule has 0 radical (unpaired) electrons. The minimum absolute atomic E-state index is 0.525. The van der Waals surface area contributed by atoms with Crippen molar-refractivity contribution in [2.24, 2.45) is 7.05 Å². The summed E-state index contributed by atoms with van der Waals surface area (Å²) < 4.78 is 6.80. The maximum Gasteiger partial charge on any atom is 0.237 e. The van der Waals surface area contributed by atoms with Crippen molar-refractivity contribution in [2.45, 2.75) is 17.3 Å². The van der Waals surface area contributed by atoms with Crippen LogP contribution in [0.3, 0.4) is 0 Å². The summed E-state index contributed by atoms with van der Waals surface area (Å²) in [5, 5.41) is 16.6. The number of benzene rings is 1. The highest BCUT2D eigenvalue weighted by atomic mass is 35.5. The fraction of sp³-hybridized carbons (Fsp3) is 0.250. The molecule has 1 aromatic carbocycles. The van der Waals surface area contributed by atoms with Gasteiger partial charge in [-0.15, -0.1) is 5.10 Å². The van der Waals surface area contributed by atoms with E-state index in [4.69, 9.17) is 16.1 Å². The van der Waals surface area contributed by atoms with E-state index in [0.717, 1.165) is 5.56 Å². The van der Waals surface area contributed by atoms with Gasteiger partial charge in [-0.3, -0.25) is 0 Å². The molecule has 0 saturated heterocycles. The van der Waals surface area contributed by atoms with Crippen molar-refractivity contribution in [3.8, 4) is 0 Å². The van der Waals surface area contributed by atoms with Crippen LogP contribution in [0.4, 0.5) is 0 Å². The summed E-state index contributed by atoms with van der Waals surface area (Å²) >= 11 is 7.39. The largest absolute Gasteiger partial charge is 0.338 e. The van der Waals surface area contributed by atoms with Gasteiger partial charge in [-0.1, -0.05) is 40.7 Å². The lowest BCUT2D eigenvalue weighted by Gasteiger charge is -1.96. The molecule has 0 fully saturated rings. The second-order valence-electron chi connectivity index (χ2n) is 4.28. The molecule has 3 aromatic rings. The molecule has 21 heavy (non-hydrogen) atoms. The SMILES string of the molecule is Cn1nnnc1SCc1nc(Cc2cccc(Cl)c2)no1. The lowest BCUT2D eigenvalue weighted by atomic mass is 10.1. The number of hydrogen-bond donors (Lipinski definition) is 0. The van der Waals surface area contributed by atoms with Crippen molar-refractivity contribution in [2.75, 3.05) is 0 Å². The highest BCUT2D eigenvalue weighted by Crippen LogP contribution is 2.19. The van der Waals surface area contributed by atoms with Crippen molar-refractivity contribution < 1.29 is 4.52 Å². The quantitative estimate of drug-likeness (QED) is 0.665. The van der Waals surface area contributed by atoms with Crippen LogP contribution in [0.1, 0.15) is 17.3 Å². The van der Waals surface area contributed by atoms with Crippen LogP contribution in [-0.4, -0.2) is 30.3 Å². The molecule has 108 valence electrons. The topological polar surface area (TPSA) is 82.5 Å². The molecule has 0 spiro atoms. The van der Waals surface area contributed by atoms with Gasteiger partial charge in [-0.05, 0) is 28.1 Å². The van der Waals surface area contributed by atoms with Crippen LogP contribution in [0.2, 0.25) is 5.02 Å². The maximum absolute atomic E-state index is 5.95. The fourth-order valence-corrected chi connectivity index (χ4v) is 2.62. The predicted molar refractivity (Wildman–Crippen MR) is 76.9 cm³/mol. The fourth-order valence-electron chi connectivity index (χ4n) is 1.72. The first-order chi connectivity index (χ1) is 10.2. The van der Waals surface area contributed by atoms with Crippen LogP contribution < -0.4 is 0 Å². The number of rotatable bonds is 5. The van der Waals surface area contributed by atoms with Gasteiger partial charge in [-0.2, -0.15) is 4.98 Å². The van der Waals surface area contributed by atoms with Gasteiger partial charge in [0.05, 0.1) is 5.75 Å². The number of aryl methyl sites for hydroxylation is 1. The van der Waals surface area contributed by atoms with Crippen molar-refractivity contribution in [1.29, 1.82) is 0 Å². The van der Waals surface area contributed by atoms with Gasteiger partial charge in [0.1, 0.15) is 0 Å². The Balaban J connectivity index is 1.62. The molecule has 0 bridgehead atoms. The molecule has 2 heterocycles. The van der Waals surface area contributed by atoms with E-state index in [2.05, 4.69) is 25.7 Å². The van der Waals surface area contributed by atoms with E-state index < -0.39 is 0 Å². The molecule has 0 aliphatic carbocycles. The van der Waals surface area contributed by atoms with E-state index in [9.17, 15) is 0 Å². The number of thioether (sulfide) groups is 1. The van der Waals surface area contributed by atoms with E-state index in [0.29, 0.717) is 34.1 Å². The third-order valence-electron chi connectivity index (χ3n) is 2.67. The van der Waals surface area contributed by atoms with Gasteiger partial charge in [0.2, 0.25) is 11.0 Å². The Morgan fingerprint density at radius 2 is 2.29 bits per heavy atom. The Hall–Kier alpha value is -1.93. The Bertz CT molecular complexity index is 743. The number of tetrazole rings is 1. The summed E-state index contributed by atoms with van der Waals surface area (Å²) in [6, 6.07) is 7.59. The molecule has 0 unspecified atom stereocenters. The molecule has 9 heteroatoms. The lowest BCUT2D eigenvalue weighted by Crippen LogP contribution is -1.94. The van der Waals surface area contributed by atoms with Crippen LogP contribution in [0, 0.1) is 0 Å². The van der Waals surface area contributed by atoms with Crippen LogP contribution in [0.5, 0.6) is 0 Å². The molecule has 0 amide bonds. The summed E-state index contributed by atoms with van der Waals surface area (Å²) in [5.74, 6) is 1.69. The van der Waals surface area contributed by atoms with E-state index >= 15 is 0 Å². The summed E-state index contributed by atoms with van der Waals surface area (Å²) in [4.78, 5) is 4.34. The first-order valence-electron chi connectivity index (χ1n) is 6.12. The summed E-state index contributed by atoms with van der Waals surface area (Å²) in [6.45, 7) is 0. The zero-order chi connectivity index (χ0) is 14.7. The molecular formula is C12H11ClN6OS. The normalized spacial score (nSPS) is 11.0. The van der Waals surface area contributed by atoms with Gasteiger partial charge in [0, 0.05) is 18.5 Å². The van der Waals surface area contributed by atoms with Gasteiger partial charge in [0.15, 0.2) is 5.82 Å². The summed E-state index contributed by atoms with van der Waals surface area (Å²) in [6.07, 6.45) is 0.584. The minimum Gasteiger partial charge on any atom is -0.338 e. The van der Waals surface area contributed by atoms with Gasteiger partial charge < -0.3 is 4.52 Å². The Kier molecular flexibility index (Phi) is 4.16. The molecule has 0 saturated carbocycles. The van der Waals surface area contributed by atoms with Crippen molar-refractivity contribution in [3.63, 3.8) is 0 Å². The van der Waals surface area contributed by atoms with Gasteiger partial charge >= 0.3 is 0 Å². The number of halogens is 1. The number of aromatic nitrogens is 6. The predicted octanol–water partition coefficient (Wildman–Crippen LogP) is 2.13. The molecular weight excluding hydrogens is 312 g/mol. The summed E-state index contributed by atoms with van der Waals surface area (Å²) in [5.41, 5.74) is 1.04. The zero-order valence-electron chi connectivity index (χ0n) is 11.1. The molecule has 0 aliphatic rings. The van der Waals surface area contributed by atoms with Crippen molar-refractivity contribution >= 4 is 23.4 Å². The Morgan fingerprint density at radius 3 is 3.05 bits per heavy atom. The van der Waals surface area contributed by atoms with Crippen molar-refractivity contribution in [3.05, 3.63) is 46.6 Å². The molecule has 2 aromatic heterocycles. The van der Waals surface area contributed by atoms with Crippen LogP contribution in [-0.2, 0) is 19.2 Å². The monoisotopic (exact) mass is 322 g/mol.